The van der Waals surface area contributed by atoms with E-state index >= 15 is 0 Å². The molecule has 0 fully saturated rings. The van der Waals surface area contributed by atoms with E-state index < -0.39 is 12.1 Å². The van der Waals surface area contributed by atoms with Crippen molar-refractivity contribution in [2.75, 3.05) is 20.8 Å². The van der Waals surface area contributed by atoms with Gasteiger partial charge in [0.2, 0.25) is 11.2 Å². The highest BCUT2D eigenvalue weighted by Crippen LogP contribution is 2.37. The van der Waals surface area contributed by atoms with Crippen LogP contribution in [0.5, 0.6) is 17.2 Å². The van der Waals surface area contributed by atoms with Crippen LogP contribution in [0.2, 0.25) is 0 Å². The van der Waals surface area contributed by atoms with E-state index in [2.05, 4.69) is 0 Å². The second-order valence-corrected chi connectivity index (χ2v) is 7.13. The van der Waals surface area contributed by atoms with Gasteiger partial charge in [0.05, 0.1) is 26.2 Å². The highest BCUT2D eigenvalue weighted by molar-refractivity contribution is 5.86. The summed E-state index contributed by atoms with van der Waals surface area (Å²) in [7, 11) is 3.06. The molecule has 7 nitrogen and oxygen atoms in total. The van der Waals surface area contributed by atoms with E-state index in [1.54, 1.807) is 31.2 Å². The van der Waals surface area contributed by atoms with E-state index in [4.69, 9.17) is 23.4 Å². The molecule has 0 radical (unpaired) electrons. The summed E-state index contributed by atoms with van der Waals surface area (Å²) in [6, 6.07) is 8.82. The lowest BCUT2D eigenvalue weighted by Crippen LogP contribution is -2.28. The van der Waals surface area contributed by atoms with Gasteiger partial charge in [0.15, 0.2) is 23.4 Å². The van der Waals surface area contributed by atoms with Crippen LogP contribution in [0.4, 0.5) is 0 Å². The monoisotopic (exact) mass is 426 g/mol. The number of hydrogen-bond acceptors (Lipinski definition) is 7. The van der Waals surface area contributed by atoms with Gasteiger partial charge in [0.1, 0.15) is 5.58 Å². The van der Waals surface area contributed by atoms with Crippen LogP contribution in [0.3, 0.4) is 0 Å². The highest BCUT2D eigenvalue weighted by atomic mass is 16.6. The van der Waals surface area contributed by atoms with Crippen molar-refractivity contribution in [2.45, 2.75) is 33.8 Å². The van der Waals surface area contributed by atoms with Crippen molar-refractivity contribution in [3.63, 3.8) is 0 Å². The molecule has 0 unspecified atom stereocenters. The summed E-state index contributed by atoms with van der Waals surface area (Å²) in [6.45, 7) is 7.20. The molecule has 1 heterocycles. The number of aryl methyl sites for hydroxylation is 2. The van der Waals surface area contributed by atoms with E-state index in [0.29, 0.717) is 28.0 Å². The average molecular weight is 426 g/mol. The van der Waals surface area contributed by atoms with Crippen molar-refractivity contribution in [1.82, 2.24) is 0 Å². The predicted octanol–water partition coefficient (Wildman–Crippen LogP) is 4.42. The molecule has 1 aromatic heterocycles. The number of rotatable bonds is 7. The van der Waals surface area contributed by atoms with Gasteiger partial charge in [0, 0.05) is 5.56 Å². The first-order valence-corrected chi connectivity index (χ1v) is 9.94. The largest absolute Gasteiger partial charge is 0.493 e. The van der Waals surface area contributed by atoms with Gasteiger partial charge in [-0.1, -0.05) is 6.07 Å². The molecule has 3 aromatic rings. The summed E-state index contributed by atoms with van der Waals surface area (Å²) < 4.78 is 27.7. The van der Waals surface area contributed by atoms with E-state index in [-0.39, 0.29) is 23.5 Å². The van der Waals surface area contributed by atoms with Crippen molar-refractivity contribution >= 4 is 16.9 Å². The number of hydrogen-bond donors (Lipinski definition) is 0. The minimum absolute atomic E-state index is 0.0628. The highest BCUT2D eigenvalue weighted by Gasteiger charge is 2.25. The van der Waals surface area contributed by atoms with Crippen LogP contribution in [0.1, 0.15) is 25.0 Å². The topological polar surface area (TPSA) is 84.2 Å². The first kappa shape index (κ1) is 22.2. The van der Waals surface area contributed by atoms with Gasteiger partial charge < -0.3 is 23.4 Å². The van der Waals surface area contributed by atoms with Gasteiger partial charge in [-0.15, -0.1) is 0 Å². The molecule has 7 heteroatoms. The lowest BCUT2D eigenvalue weighted by Gasteiger charge is -2.17. The van der Waals surface area contributed by atoms with Gasteiger partial charge in [-0.05, 0) is 63.1 Å². The number of carbonyl (C=O) groups excluding carboxylic acids is 1. The van der Waals surface area contributed by atoms with E-state index in [1.165, 1.54) is 21.1 Å². The number of methoxy groups -OCH3 is 2. The van der Waals surface area contributed by atoms with Crippen LogP contribution in [0.15, 0.2) is 39.5 Å². The molecule has 0 spiro atoms. The van der Waals surface area contributed by atoms with E-state index in [1.807, 2.05) is 19.9 Å². The molecule has 0 aliphatic rings. The van der Waals surface area contributed by atoms with Crippen LogP contribution in [0.25, 0.3) is 22.3 Å². The molecule has 0 bridgehead atoms. The zero-order valence-electron chi connectivity index (χ0n) is 18.5. The van der Waals surface area contributed by atoms with Crippen molar-refractivity contribution in [3.8, 4) is 28.6 Å². The fraction of sp³-hybridized carbons (Fsp3) is 0.333. The van der Waals surface area contributed by atoms with Crippen molar-refractivity contribution in [2.24, 2.45) is 0 Å². The molecule has 164 valence electrons. The number of ether oxygens (including phenoxy) is 4. The van der Waals surface area contributed by atoms with Gasteiger partial charge in [-0.2, -0.15) is 0 Å². The Balaban J connectivity index is 2.28. The summed E-state index contributed by atoms with van der Waals surface area (Å²) in [6.07, 6.45) is -0.995. The van der Waals surface area contributed by atoms with Crippen LogP contribution in [-0.2, 0) is 9.53 Å². The Hall–Kier alpha value is -3.48. The smallest absolute Gasteiger partial charge is 0.347 e. The number of benzene rings is 2. The second kappa shape index (κ2) is 9.12. The summed E-state index contributed by atoms with van der Waals surface area (Å²) in [5.41, 5.74) is 2.33. The maximum Gasteiger partial charge on any atom is 0.347 e. The molecular weight excluding hydrogens is 400 g/mol. The minimum Gasteiger partial charge on any atom is -0.493 e. The normalized spacial score (nSPS) is 11.8. The third kappa shape index (κ3) is 4.35. The standard InChI is InChI=1S/C24H26O7/c1-7-29-24(26)15(4)30-23-21(25)20-14(3)10-13(2)11-19(20)31-22(23)16-8-9-17(27-5)18(12-16)28-6/h8-12,15H,7H2,1-6H3/t15-/m0/s1. The maximum atomic E-state index is 13.5. The molecule has 0 aliphatic carbocycles. The first-order valence-electron chi connectivity index (χ1n) is 9.94. The first-order chi connectivity index (χ1) is 14.8. The van der Waals surface area contributed by atoms with Gasteiger partial charge in [-0.3, -0.25) is 4.79 Å². The Bertz CT molecular complexity index is 1180. The van der Waals surface area contributed by atoms with Crippen LogP contribution >= 0.6 is 0 Å². The van der Waals surface area contributed by atoms with Crippen LogP contribution < -0.4 is 19.6 Å². The Labute approximate surface area is 180 Å². The van der Waals surface area contributed by atoms with Gasteiger partial charge >= 0.3 is 5.97 Å². The summed E-state index contributed by atoms with van der Waals surface area (Å²) >= 11 is 0. The molecule has 0 saturated heterocycles. The molecule has 0 amide bonds. The Morgan fingerprint density at radius 1 is 1.06 bits per heavy atom. The summed E-state index contributed by atoms with van der Waals surface area (Å²) in [5, 5.41) is 0.404. The molecular formula is C24H26O7. The lowest BCUT2D eigenvalue weighted by atomic mass is 10.0. The average Bonchev–Trinajstić information content (AvgIpc) is 2.74. The van der Waals surface area contributed by atoms with E-state index in [0.717, 1.165) is 11.1 Å². The summed E-state index contributed by atoms with van der Waals surface area (Å²) in [5.74, 6) is 0.559. The second-order valence-electron chi connectivity index (χ2n) is 7.13. The molecule has 3 rings (SSSR count). The number of fused-ring (bicyclic) bond motifs is 1. The Kier molecular flexibility index (Phi) is 6.53. The van der Waals surface area contributed by atoms with Crippen LogP contribution in [-0.4, -0.2) is 32.9 Å². The fourth-order valence-corrected chi connectivity index (χ4v) is 3.43. The van der Waals surface area contributed by atoms with Gasteiger partial charge in [-0.25, -0.2) is 4.79 Å². The van der Waals surface area contributed by atoms with E-state index in [9.17, 15) is 9.59 Å². The maximum absolute atomic E-state index is 13.5. The number of esters is 1. The molecule has 0 saturated carbocycles. The SMILES string of the molecule is CCOC(=O)[C@H](C)Oc1c(-c2ccc(OC)c(OC)c2)oc2cc(C)cc(C)c2c1=O. The van der Waals surface area contributed by atoms with Crippen LogP contribution in [0, 0.1) is 13.8 Å². The summed E-state index contributed by atoms with van der Waals surface area (Å²) in [4.78, 5) is 25.6. The number of carbonyl (C=O) groups is 1. The third-order valence-corrected chi connectivity index (χ3v) is 4.85. The fourth-order valence-electron chi connectivity index (χ4n) is 3.43. The molecule has 31 heavy (non-hydrogen) atoms. The van der Waals surface area contributed by atoms with Gasteiger partial charge in [0.25, 0.3) is 0 Å². The van der Waals surface area contributed by atoms with Crippen molar-refractivity contribution in [3.05, 3.63) is 51.7 Å². The zero-order chi connectivity index (χ0) is 22.7. The predicted molar refractivity (Wildman–Crippen MR) is 117 cm³/mol. The lowest BCUT2D eigenvalue weighted by molar-refractivity contribution is -0.150. The Morgan fingerprint density at radius 3 is 2.42 bits per heavy atom. The van der Waals surface area contributed by atoms with Crippen molar-refractivity contribution < 1.29 is 28.2 Å². The van der Waals surface area contributed by atoms with Crippen molar-refractivity contribution in [1.29, 1.82) is 0 Å². The molecule has 1 atom stereocenters. The molecule has 0 aliphatic heterocycles. The molecule has 0 N–H and O–H groups in total. The third-order valence-electron chi connectivity index (χ3n) is 4.85. The zero-order valence-corrected chi connectivity index (χ0v) is 18.5. The molecule has 2 aromatic carbocycles. The minimum atomic E-state index is -0.995. The quantitative estimate of drug-likeness (QED) is 0.517. The Morgan fingerprint density at radius 2 is 1.77 bits per heavy atom.